The van der Waals surface area contributed by atoms with E-state index in [1.165, 1.54) is 44.8 Å². The van der Waals surface area contributed by atoms with Crippen LogP contribution in [0.5, 0.6) is 0 Å². The molecule has 172 valence electrons. The Hall–Kier alpha value is -4.04. The van der Waals surface area contributed by atoms with Crippen LogP contribution in [0.25, 0.3) is 11.1 Å². The first kappa shape index (κ1) is 22.7. The van der Waals surface area contributed by atoms with Gasteiger partial charge in [-0.25, -0.2) is 9.13 Å². The molecule has 5 rings (SSSR count). The lowest BCUT2D eigenvalue weighted by Gasteiger charge is -2.32. The molecule has 0 aliphatic rings. The van der Waals surface area contributed by atoms with Gasteiger partial charge in [-0.05, 0) is 47.2 Å². The minimum Gasteiger partial charge on any atom is -0.204 e. The van der Waals surface area contributed by atoms with Crippen molar-refractivity contribution in [3.05, 3.63) is 155 Å². The summed E-state index contributed by atoms with van der Waals surface area (Å²) in [6.07, 6.45) is 4.30. The lowest BCUT2D eigenvalue weighted by molar-refractivity contribution is -0.696. The smallest absolute Gasteiger partial charge is 0.204 e. The minimum atomic E-state index is -0.518. The molecule has 0 spiro atoms. The molecule has 0 unspecified atom stereocenters. The SMILES string of the molecule is Cc1ccccc1-c1cccc(C(c2ccccc2)(c2cccc[n+]2C)c2cccc[n+]2C)c1C. The Morgan fingerprint density at radius 1 is 0.514 bits per heavy atom. The van der Waals surface area contributed by atoms with Crippen LogP contribution in [0.3, 0.4) is 0 Å². The summed E-state index contributed by atoms with van der Waals surface area (Å²) < 4.78 is 4.53. The van der Waals surface area contributed by atoms with E-state index in [1.807, 2.05) is 0 Å². The van der Waals surface area contributed by atoms with E-state index in [4.69, 9.17) is 0 Å². The summed E-state index contributed by atoms with van der Waals surface area (Å²) in [5, 5.41) is 0. The summed E-state index contributed by atoms with van der Waals surface area (Å²) in [6.45, 7) is 4.47. The third-order valence-electron chi connectivity index (χ3n) is 7.26. The number of rotatable bonds is 5. The lowest BCUT2D eigenvalue weighted by atomic mass is 9.66. The molecule has 0 fully saturated rings. The molecule has 0 atom stereocenters. The molecule has 2 heteroatoms. The Morgan fingerprint density at radius 3 is 1.66 bits per heavy atom. The molecule has 3 aromatic carbocycles. The van der Waals surface area contributed by atoms with Gasteiger partial charge in [0.15, 0.2) is 17.8 Å². The van der Waals surface area contributed by atoms with Crippen molar-refractivity contribution >= 4 is 0 Å². The molecule has 0 saturated carbocycles. The predicted octanol–water partition coefficient (Wildman–Crippen LogP) is 6.00. The molecule has 0 aliphatic carbocycles. The maximum absolute atomic E-state index is 2.31. The topological polar surface area (TPSA) is 7.76 Å². The van der Waals surface area contributed by atoms with Crippen molar-refractivity contribution in [1.82, 2.24) is 0 Å². The number of hydrogen-bond acceptors (Lipinski definition) is 0. The number of hydrogen-bond donors (Lipinski definition) is 0. The maximum Gasteiger partial charge on any atom is 0.207 e. The Labute approximate surface area is 208 Å². The number of aromatic nitrogens is 2. The average Bonchev–Trinajstić information content (AvgIpc) is 2.88. The van der Waals surface area contributed by atoms with Crippen molar-refractivity contribution in [3.8, 4) is 11.1 Å². The first-order valence-corrected chi connectivity index (χ1v) is 12.2. The molecule has 2 aromatic heterocycles. The monoisotopic (exact) mass is 456 g/mol. The van der Waals surface area contributed by atoms with E-state index in [2.05, 4.69) is 159 Å². The van der Waals surface area contributed by atoms with Crippen LogP contribution in [0.15, 0.2) is 122 Å². The van der Waals surface area contributed by atoms with Crippen molar-refractivity contribution in [2.75, 3.05) is 0 Å². The highest BCUT2D eigenvalue weighted by atomic mass is 15.0. The number of aryl methyl sites for hydroxylation is 3. The van der Waals surface area contributed by atoms with Gasteiger partial charge in [-0.1, -0.05) is 84.9 Å². The van der Waals surface area contributed by atoms with Gasteiger partial charge in [0.2, 0.25) is 11.4 Å². The maximum atomic E-state index is 2.31. The van der Waals surface area contributed by atoms with Gasteiger partial charge >= 0.3 is 0 Å². The molecule has 0 aliphatic heterocycles. The summed E-state index contributed by atoms with van der Waals surface area (Å²) in [6, 6.07) is 39.4. The molecule has 0 saturated heterocycles. The third kappa shape index (κ3) is 3.76. The molecular weight excluding hydrogens is 424 g/mol. The van der Waals surface area contributed by atoms with Crippen molar-refractivity contribution in [2.24, 2.45) is 14.1 Å². The van der Waals surface area contributed by atoms with Crippen molar-refractivity contribution < 1.29 is 9.13 Å². The van der Waals surface area contributed by atoms with E-state index in [9.17, 15) is 0 Å². The Morgan fingerprint density at radius 2 is 1.06 bits per heavy atom. The Kier molecular flexibility index (Phi) is 6.05. The third-order valence-corrected chi connectivity index (χ3v) is 7.26. The summed E-state index contributed by atoms with van der Waals surface area (Å²) in [7, 11) is 4.30. The second-order valence-electron chi connectivity index (χ2n) is 9.30. The normalized spacial score (nSPS) is 11.4. The largest absolute Gasteiger partial charge is 0.207 e. The van der Waals surface area contributed by atoms with Gasteiger partial charge in [-0.2, -0.15) is 0 Å². The van der Waals surface area contributed by atoms with Crippen LogP contribution in [0, 0.1) is 13.8 Å². The van der Waals surface area contributed by atoms with Gasteiger partial charge in [0, 0.05) is 24.3 Å². The highest BCUT2D eigenvalue weighted by molar-refractivity contribution is 5.73. The number of benzene rings is 3. The fourth-order valence-corrected chi connectivity index (χ4v) is 5.58. The quantitative estimate of drug-likeness (QED) is 0.287. The first-order chi connectivity index (χ1) is 17.0. The minimum absolute atomic E-state index is 0.518. The summed E-state index contributed by atoms with van der Waals surface area (Å²) in [5.74, 6) is 0. The van der Waals surface area contributed by atoms with E-state index in [0.717, 1.165) is 0 Å². The summed E-state index contributed by atoms with van der Waals surface area (Å²) in [4.78, 5) is 0. The molecule has 2 heterocycles. The predicted molar refractivity (Wildman–Crippen MR) is 142 cm³/mol. The number of nitrogens with zero attached hydrogens (tertiary/aromatic N) is 2. The van der Waals surface area contributed by atoms with E-state index in [-0.39, 0.29) is 0 Å². The molecule has 0 bridgehead atoms. The van der Waals surface area contributed by atoms with Gasteiger partial charge in [0.25, 0.3) is 0 Å². The van der Waals surface area contributed by atoms with E-state index in [0.29, 0.717) is 0 Å². The van der Waals surface area contributed by atoms with Gasteiger partial charge in [-0.15, -0.1) is 0 Å². The molecule has 0 amide bonds. The molecule has 2 nitrogen and oxygen atoms in total. The first-order valence-electron chi connectivity index (χ1n) is 12.2. The Bertz CT molecular complexity index is 1440. The zero-order chi connectivity index (χ0) is 24.4. The van der Waals surface area contributed by atoms with Gasteiger partial charge in [0.1, 0.15) is 14.1 Å². The summed E-state index contributed by atoms with van der Waals surface area (Å²) >= 11 is 0. The second kappa shape index (κ2) is 9.31. The van der Waals surface area contributed by atoms with Crippen LogP contribution in [-0.4, -0.2) is 0 Å². The second-order valence-corrected chi connectivity index (χ2v) is 9.30. The van der Waals surface area contributed by atoms with Crippen molar-refractivity contribution in [2.45, 2.75) is 19.3 Å². The van der Waals surface area contributed by atoms with E-state index in [1.54, 1.807) is 0 Å². The van der Waals surface area contributed by atoms with Crippen LogP contribution in [0.4, 0.5) is 0 Å². The summed E-state index contributed by atoms with van der Waals surface area (Å²) in [5.41, 5.74) is 9.59. The van der Waals surface area contributed by atoms with Crippen LogP contribution < -0.4 is 9.13 Å². The van der Waals surface area contributed by atoms with Crippen LogP contribution in [-0.2, 0) is 19.5 Å². The van der Waals surface area contributed by atoms with Gasteiger partial charge in [-0.3, -0.25) is 0 Å². The Balaban J connectivity index is 1.97. The molecule has 35 heavy (non-hydrogen) atoms. The van der Waals surface area contributed by atoms with Gasteiger partial charge < -0.3 is 0 Å². The number of pyridine rings is 2. The fourth-order valence-electron chi connectivity index (χ4n) is 5.58. The highest BCUT2D eigenvalue weighted by Crippen LogP contribution is 2.45. The fraction of sp³-hybridized carbons (Fsp3) is 0.152. The zero-order valence-corrected chi connectivity index (χ0v) is 20.9. The van der Waals surface area contributed by atoms with Crippen LogP contribution >= 0.6 is 0 Å². The average molecular weight is 457 g/mol. The molecule has 0 N–H and O–H groups in total. The van der Waals surface area contributed by atoms with E-state index >= 15 is 0 Å². The van der Waals surface area contributed by atoms with Crippen LogP contribution in [0.2, 0.25) is 0 Å². The van der Waals surface area contributed by atoms with E-state index < -0.39 is 5.41 Å². The molecular formula is C33H32N2+2. The van der Waals surface area contributed by atoms with Crippen molar-refractivity contribution in [1.29, 1.82) is 0 Å². The van der Waals surface area contributed by atoms with Crippen LogP contribution in [0.1, 0.15) is 33.6 Å². The lowest BCUT2D eigenvalue weighted by Crippen LogP contribution is -2.51. The van der Waals surface area contributed by atoms with Crippen molar-refractivity contribution in [3.63, 3.8) is 0 Å². The zero-order valence-electron chi connectivity index (χ0n) is 20.9. The molecule has 5 aromatic rings. The van der Waals surface area contributed by atoms with Gasteiger partial charge in [0.05, 0.1) is 0 Å². The molecule has 0 radical (unpaired) electrons. The highest BCUT2D eigenvalue weighted by Gasteiger charge is 2.51. The standard InChI is InChI=1S/C33H32N2/c1-25-15-8-9-18-28(25)29-19-14-20-30(26(29)2)33(27-16-6-5-7-17-27,31-21-10-12-23-34(31)3)32-22-11-13-24-35(32)4/h5-24H,1-4H3/q+2.